The van der Waals surface area contributed by atoms with Crippen LogP contribution >= 0.6 is 11.3 Å². The van der Waals surface area contributed by atoms with E-state index >= 15 is 0 Å². The van der Waals surface area contributed by atoms with Crippen molar-refractivity contribution in [1.29, 1.82) is 0 Å². The first-order valence-corrected chi connectivity index (χ1v) is 9.27. The average Bonchev–Trinajstić information content (AvgIpc) is 3.37. The first kappa shape index (κ1) is 16.8. The van der Waals surface area contributed by atoms with Gasteiger partial charge in [-0.05, 0) is 12.8 Å². The first-order chi connectivity index (χ1) is 12.8. The molecule has 0 aliphatic carbocycles. The summed E-state index contributed by atoms with van der Waals surface area (Å²) >= 11 is 1.46. The number of nitrogens with one attached hydrogen (secondary N) is 1. The number of amides is 1. The Balaban J connectivity index is 1.35. The number of carbonyl (C=O) groups is 1. The molecule has 1 amide bonds. The van der Waals surface area contributed by atoms with Crippen molar-refractivity contribution >= 4 is 17.2 Å². The van der Waals surface area contributed by atoms with Gasteiger partial charge >= 0.3 is 0 Å². The number of benzene rings is 1. The highest BCUT2D eigenvalue weighted by Crippen LogP contribution is 2.23. The van der Waals surface area contributed by atoms with Gasteiger partial charge in [0.25, 0.3) is 5.91 Å². The second-order valence-electron chi connectivity index (χ2n) is 6.00. The van der Waals surface area contributed by atoms with E-state index in [4.69, 9.17) is 4.74 Å². The Morgan fingerprint density at radius 1 is 1.27 bits per heavy atom. The molecular weight excluding hydrogens is 352 g/mol. The summed E-state index contributed by atoms with van der Waals surface area (Å²) in [6.07, 6.45) is 3.65. The van der Waals surface area contributed by atoms with Crippen molar-refractivity contribution in [3.63, 3.8) is 0 Å². The number of hydrogen-bond acceptors (Lipinski definition) is 7. The molecule has 1 fully saturated rings. The minimum atomic E-state index is -0.274. The third-order valence-corrected chi connectivity index (χ3v) is 5.11. The van der Waals surface area contributed by atoms with E-state index in [1.807, 2.05) is 30.3 Å². The minimum absolute atomic E-state index is 0.148. The third-order valence-electron chi connectivity index (χ3n) is 4.14. The SMILES string of the molecule is O=C(NCc1nnc(-c2ccccc2)s1)c1cn(C2CCCOC2)nn1. The van der Waals surface area contributed by atoms with E-state index in [9.17, 15) is 4.79 Å². The molecule has 1 aromatic carbocycles. The molecule has 9 heteroatoms. The Hall–Kier alpha value is -2.65. The predicted octanol–water partition coefficient (Wildman–Crippen LogP) is 2.08. The van der Waals surface area contributed by atoms with Crippen molar-refractivity contribution in [2.45, 2.75) is 25.4 Å². The Bertz CT molecular complexity index is 872. The molecule has 4 rings (SSSR count). The van der Waals surface area contributed by atoms with Gasteiger partial charge in [-0.25, -0.2) is 4.68 Å². The minimum Gasteiger partial charge on any atom is -0.379 e. The van der Waals surface area contributed by atoms with Gasteiger partial charge in [0.2, 0.25) is 0 Å². The van der Waals surface area contributed by atoms with Crippen molar-refractivity contribution < 1.29 is 9.53 Å². The zero-order valence-electron chi connectivity index (χ0n) is 14.0. The van der Waals surface area contributed by atoms with E-state index < -0.39 is 0 Å². The lowest BCUT2D eigenvalue weighted by Crippen LogP contribution is -2.23. The van der Waals surface area contributed by atoms with Gasteiger partial charge in [0, 0.05) is 12.2 Å². The highest BCUT2D eigenvalue weighted by atomic mass is 32.1. The van der Waals surface area contributed by atoms with Crippen LogP contribution in [0.2, 0.25) is 0 Å². The maximum Gasteiger partial charge on any atom is 0.273 e. The largest absolute Gasteiger partial charge is 0.379 e. The van der Waals surface area contributed by atoms with E-state index in [1.165, 1.54) is 11.3 Å². The zero-order chi connectivity index (χ0) is 17.8. The molecule has 0 radical (unpaired) electrons. The molecule has 26 heavy (non-hydrogen) atoms. The fourth-order valence-corrected chi connectivity index (χ4v) is 3.55. The molecule has 0 saturated carbocycles. The van der Waals surface area contributed by atoms with Crippen LogP contribution < -0.4 is 5.32 Å². The lowest BCUT2D eigenvalue weighted by Gasteiger charge is -2.21. The lowest BCUT2D eigenvalue weighted by molar-refractivity contribution is 0.0542. The Kier molecular flexibility index (Phi) is 4.98. The summed E-state index contributed by atoms with van der Waals surface area (Å²) in [6.45, 7) is 1.70. The van der Waals surface area contributed by atoms with E-state index in [1.54, 1.807) is 10.9 Å². The summed E-state index contributed by atoms with van der Waals surface area (Å²) in [5, 5.41) is 20.7. The van der Waals surface area contributed by atoms with Crippen LogP contribution in [0, 0.1) is 0 Å². The standard InChI is InChI=1S/C17H18N6O2S/c24-16(14-10-23(22-19-14)13-7-4-8-25-11-13)18-9-15-20-21-17(26-15)12-5-2-1-3-6-12/h1-3,5-6,10,13H,4,7-9,11H2,(H,18,24). The molecule has 0 spiro atoms. The van der Waals surface area contributed by atoms with Crippen LogP contribution in [0.3, 0.4) is 0 Å². The van der Waals surface area contributed by atoms with E-state index in [2.05, 4.69) is 25.8 Å². The molecule has 1 aliphatic rings. The molecule has 3 aromatic rings. The highest BCUT2D eigenvalue weighted by molar-refractivity contribution is 7.14. The van der Waals surface area contributed by atoms with Crippen molar-refractivity contribution in [1.82, 2.24) is 30.5 Å². The molecule has 1 unspecified atom stereocenters. The van der Waals surface area contributed by atoms with E-state index in [0.717, 1.165) is 35.0 Å². The van der Waals surface area contributed by atoms with Crippen LogP contribution in [0.1, 0.15) is 34.4 Å². The van der Waals surface area contributed by atoms with Gasteiger partial charge in [0.05, 0.1) is 25.4 Å². The fraction of sp³-hybridized carbons (Fsp3) is 0.353. The topological polar surface area (TPSA) is 94.8 Å². The molecule has 134 valence electrons. The van der Waals surface area contributed by atoms with Crippen molar-refractivity contribution in [3.8, 4) is 10.6 Å². The maximum atomic E-state index is 12.3. The molecule has 1 aliphatic heterocycles. The van der Waals surface area contributed by atoms with Gasteiger partial charge in [-0.3, -0.25) is 4.79 Å². The van der Waals surface area contributed by atoms with Crippen LogP contribution in [0.5, 0.6) is 0 Å². The predicted molar refractivity (Wildman–Crippen MR) is 95.6 cm³/mol. The molecule has 0 bridgehead atoms. The molecule has 8 nitrogen and oxygen atoms in total. The van der Waals surface area contributed by atoms with Gasteiger partial charge in [-0.2, -0.15) is 0 Å². The smallest absolute Gasteiger partial charge is 0.273 e. The Labute approximate surface area is 154 Å². The van der Waals surface area contributed by atoms with Crippen LogP contribution in [0.4, 0.5) is 0 Å². The first-order valence-electron chi connectivity index (χ1n) is 8.45. The number of hydrogen-bond donors (Lipinski definition) is 1. The van der Waals surface area contributed by atoms with E-state index in [-0.39, 0.29) is 11.9 Å². The summed E-state index contributed by atoms with van der Waals surface area (Å²) in [6, 6.07) is 9.98. The average molecular weight is 370 g/mol. The van der Waals surface area contributed by atoms with Crippen molar-refractivity contribution in [3.05, 3.63) is 47.2 Å². The molecule has 1 N–H and O–H groups in total. The van der Waals surface area contributed by atoms with Crippen LogP contribution in [-0.4, -0.2) is 44.3 Å². The molecule has 2 aromatic heterocycles. The highest BCUT2D eigenvalue weighted by Gasteiger charge is 2.19. The summed E-state index contributed by atoms with van der Waals surface area (Å²) < 4.78 is 7.16. The van der Waals surface area contributed by atoms with Crippen molar-refractivity contribution in [2.75, 3.05) is 13.2 Å². The third kappa shape index (κ3) is 3.78. The number of carbonyl (C=O) groups excluding carboxylic acids is 1. The second-order valence-corrected chi connectivity index (χ2v) is 7.07. The Morgan fingerprint density at radius 2 is 2.15 bits per heavy atom. The molecular formula is C17H18N6O2S. The van der Waals surface area contributed by atoms with Crippen LogP contribution in [0.15, 0.2) is 36.5 Å². The monoisotopic (exact) mass is 370 g/mol. The van der Waals surface area contributed by atoms with E-state index in [0.29, 0.717) is 18.8 Å². The van der Waals surface area contributed by atoms with Crippen molar-refractivity contribution in [2.24, 2.45) is 0 Å². The van der Waals surface area contributed by atoms with Gasteiger partial charge in [0.1, 0.15) is 10.0 Å². The van der Waals surface area contributed by atoms with Gasteiger partial charge in [0.15, 0.2) is 5.69 Å². The fourth-order valence-electron chi connectivity index (χ4n) is 2.76. The summed E-state index contributed by atoms with van der Waals surface area (Å²) in [5.41, 5.74) is 1.31. The lowest BCUT2D eigenvalue weighted by atomic mass is 10.1. The number of ether oxygens (including phenoxy) is 1. The maximum absolute atomic E-state index is 12.3. The summed E-state index contributed by atoms with van der Waals surface area (Å²) in [5.74, 6) is -0.274. The van der Waals surface area contributed by atoms with Crippen LogP contribution in [-0.2, 0) is 11.3 Å². The van der Waals surface area contributed by atoms with Crippen LogP contribution in [0.25, 0.3) is 10.6 Å². The van der Waals surface area contributed by atoms with Gasteiger partial charge < -0.3 is 10.1 Å². The number of nitrogens with zero attached hydrogens (tertiary/aromatic N) is 5. The molecule has 3 heterocycles. The zero-order valence-corrected chi connectivity index (χ0v) is 14.9. The second kappa shape index (κ2) is 7.71. The normalized spacial score (nSPS) is 17.2. The molecule has 1 saturated heterocycles. The van der Waals surface area contributed by atoms with Gasteiger partial charge in [-0.1, -0.05) is 46.9 Å². The number of rotatable bonds is 5. The quantitative estimate of drug-likeness (QED) is 0.739. The Morgan fingerprint density at radius 3 is 2.96 bits per heavy atom. The number of aromatic nitrogens is 5. The van der Waals surface area contributed by atoms with Gasteiger partial charge in [-0.15, -0.1) is 15.3 Å². The summed E-state index contributed by atoms with van der Waals surface area (Å²) in [4.78, 5) is 12.3. The summed E-state index contributed by atoms with van der Waals surface area (Å²) in [7, 11) is 0. The molecule has 1 atom stereocenters.